The number of aromatic nitrogens is 2. The van der Waals surface area contributed by atoms with Crippen LogP contribution in [0.2, 0.25) is 0 Å². The van der Waals surface area contributed by atoms with Crippen LogP contribution in [-0.2, 0) is 4.79 Å². The van der Waals surface area contributed by atoms with Crippen LogP contribution in [-0.4, -0.2) is 41.7 Å². The Hall–Kier alpha value is -3.62. The maximum absolute atomic E-state index is 12.9. The number of hydrogen-bond donors (Lipinski definition) is 1. The summed E-state index contributed by atoms with van der Waals surface area (Å²) in [5.74, 6) is -1.26. The number of carbonyl (C=O) groups is 1. The molecule has 0 radical (unpaired) electrons. The Morgan fingerprint density at radius 1 is 1.06 bits per heavy atom. The number of alkyl halides is 3. The van der Waals surface area contributed by atoms with Crippen molar-refractivity contribution in [2.45, 2.75) is 38.0 Å². The average molecular weight is 467 g/mol. The molecule has 1 N–H and O–H groups in total. The smallest absolute Gasteiger partial charge is 0.363 e. The lowest BCUT2D eigenvalue weighted by Gasteiger charge is -2.41. The van der Waals surface area contributed by atoms with Gasteiger partial charge in [0.25, 0.3) is 0 Å². The van der Waals surface area contributed by atoms with E-state index in [1.807, 2.05) is 44.3 Å². The van der Waals surface area contributed by atoms with Gasteiger partial charge in [0.1, 0.15) is 0 Å². The minimum Gasteiger partial charge on any atom is -0.363 e. The fourth-order valence-corrected chi connectivity index (χ4v) is 5.07. The first-order valence-electron chi connectivity index (χ1n) is 11.1. The van der Waals surface area contributed by atoms with E-state index in [1.54, 1.807) is 18.5 Å². The lowest BCUT2D eigenvalue weighted by atomic mass is 9.88. The zero-order valence-corrected chi connectivity index (χ0v) is 18.8. The third kappa shape index (κ3) is 3.85. The Kier molecular flexibility index (Phi) is 5.42. The van der Waals surface area contributed by atoms with Crippen LogP contribution < -0.4 is 15.1 Å². The SMILES string of the molecule is Cc1cccc2c1[C@H]1C[C@H](NC(=O)C(F)(F)F)CCN1c1ccc(-c3ncccn3)cc1N2C. The highest BCUT2D eigenvalue weighted by Gasteiger charge is 2.42. The zero-order valence-electron chi connectivity index (χ0n) is 18.8. The second kappa shape index (κ2) is 8.30. The molecule has 0 saturated carbocycles. The number of nitrogens with zero attached hydrogens (tertiary/aromatic N) is 4. The van der Waals surface area contributed by atoms with E-state index in [1.165, 1.54) is 0 Å². The topological polar surface area (TPSA) is 61.4 Å². The molecule has 3 aromatic rings. The molecule has 2 atom stereocenters. The summed E-state index contributed by atoms with van der Waals surface area (Å²) in [5.41, 5.74) is 5.94. The molecule has 1 fully saturated rings. The minimum atomic E-state index is -4.89. The molecule has 6 nitrogen and oxygen atoms in total. The molecular weight excluding hydrogens is 443 g/mol. The Balaban J connectivity index is 1.58. The molecule has 0 spiro atoms. The normalized spacial score (nSPS) is 19.6. The number of carbonyl (C=O) groups excluding carboxylic acids is 1. The first kappa shape index (κ1) is 22.2. The molecule has 9 heteroatoms. The van der Waals surface area contributed by atoms with Gasteiger partial charge in [-0.25, -0.2) is 9.97 Å². The van der Waals surface area contributed by atoms with Crippen molar-refractivity contribution in [1.82, 2.24) is 15.3 Å². The molecule has 2 aromatic carbocycles. The van der Waals surface area contributed by atoms with Gasteiger partial charge in [0.2, 0.25) is 0 Å². The molecule has 5 rings (SSSR count). The van der Waals surface area contributed by atoms with Crippen LogP contribution in [0.25, 0.3) is 11.4 Å². The maximum atomic E-state index is 12.9. The summed E-state index contributed by atoms with van der Waals surface area (Å²) in [6.45, 7) is 2.53. The van der Waals surface area contributed by atoms with Crippen molar-refractivity contribution >= 4 is 23.0 Å². The predicted octanol–water partition coefficient (Wildman–Crippen LogP) is 4.92. The predicted molar refractivity (Wildman–Crippen MR) is 124 cm³/mol. The van der Waals surface area contributed by atoms with E-state index < -0.39 is 18.1 Å². The third-order valence-electron chi connectivity index (χ3n) is 6.66. The molecule has 1 saturated heterocycles. The first-order valence-corrected chi connectivity index (χ1v) is 11.1. The lowest BCUT2D eigenvalue weighted by Crippen LogP contribution is -2.49. The van der Waals surface area contributed by atoms with Gasteiger partial charge in [-0.2, -0.15) is 13.2 Å². The van der Waals surface area contributed by atoms with E-state index >= 15 is 0 Å². The molecule has 0 bridgehead atoms. The summed E-state index contributed by atoms with van der Waals surface area (Å²) in [7, 11) is 1.99. The molecular formula is C25H24F3N5O. The van der Waals surface area contributed by atoms with E-state index in [-0.39, 0.29) is 6.04 Å². The van der Waals surface area contributed by atoms with Crippen LogP contribution in [0.1, 0.15) is 30.0 Å². The highest BCUT2D eigenvalue weighted by molar-refractivity contribution is 5.85. The molecule has 34 heavy (non-hydrogen) atoms. The van der Waals surface area contributed by atoms with Crippen molar-refractivity contribution in [2.75, 3.05) is 23.4 Å². The van der Waals surface area contributed by atoms with E-state index in [0.29, 0.717) is 25.2 Å². The lowest BCUT2D eigenvalue weighted by molar-refractivity contribution is -0.174. The molecule has 3 heterocycles. The summed E-state index contributed by atoms with van der Waals surface area (Å²) in [4.78, 5) is 24.7. The molecule has 2 aliphatic rings. The molecule has 176 valence electrons. The second-order valence-electron chi connectivity index (χ2n) is 8.74. The number of amides is 1. The van der Waals surface area contributed by atoms with Crippen molar-refractivity contribution in [2.24, 2.45) is 0 Å². The minimum absolute atomic E-state index is 0.175. The van der Waals surface area contributed by atoms with E-state index in [4.69, 9.17) is 0 Å². The monoisotopic (exact) mass is 467 g/mol. The number of fused-ring (bicyclic) bond motifs is 5. The average Bonchev–Trinajstić information content (AvgIpc) is 2.92. The van der Waals surface area contributed by atoms with Gasteiger partial charge >= 0.3 is 12.1 Å². The van der Waals surface area contributed by atoms with Gasteiger partial charge in [0.15, 0.2) is 5.82 Å². The largest absolute Gasteiger partial charge is 0.471 e. The van der Waals surface area contributed by atoms with Crippen molar-refractivity contribution in [1.29, 1.82) is 0 Å². The summed E-state index contributed by atoms with van der Waals surface area (Å²) >= 11 is 0. The summed E-state index contributed by atoms with van der Waals surface area (Å²) in [6.07, 6.45) is -0.682. The van der Waals surface area contributed by atoms with Crippen molar-refractivity contribution in [3.8, 4) is 11.4 Å². The Morgan fingerprint density at radius 2 is 1.82 bits per heavy atom. The standard InChI is InChI=1S/C25H24F3N5O/c1-15-5-3-6-19-22(15)21-14-17(31-24(34)25(26,27)28)9-12-33(21)18-8-7-16(13-20(18)32(19)2)23-29-10-4-11-30-23/h3-8,10-11,13,17,21H,9,12,14H2,1-2H3,(H,31,34)/t17-,21-/m1/s1. The van der Waals surface area contributed by atoms with Crippen molar-refractivity contribution in [3.05, 3.63) is 66.0 Å². The van der Waals surface area contributed by atoms with Gasteiger partial charge in [0, 0.05) is 48.8 Å². The summed E-state index contributed by atoms with van der Waals surface area (Å²) in [5, 5.41) is 2.21. The van der Waals surface area contributed by atoms with Gasteiger partial charge in [-0.15, -0.1) is 0 Å². The Labute approximate surface area is 195 Å². The number of rotatable bonds is 2. The maximum Gasteiger partial charge on any atom is 0.471 e. The van der Waals surface area contributed by atoms with E-state index in [2.05, 4.69) is 31.2 Å². The number of anilines is 3. The second-order valence-corrected chi connectivity index (χ2v) is 8.74. The van der Waals surface area contributed by atoms with Gasteiger partial charge in [0.05, 0.1) is 17.4 Å². The molecule has 1 aromatic heterocycles. The quantitative estimate of drug-likeness (QED) is 0.580. The zero-order chi connectivity index (χ0) is 24.0. The summed E-state index contributed by atoms with van der Waals surface area (Å²) < 4.78 is 38.7. The number of nitrogens with one attached hydrogen (secondary N) is 1. The fourth-order valence-electron chi connectivity index (χ4n) is 5.07. The van der Waals surface area contributed by atoms with Crippen molar-refractivity contribution < 1.29 is 18.0 Å². The Morgan fingerprint density at radius 3 is 2.56 bits per heavy atom. The van der Waals surface area contributed by atoms with Crippen molar-refractivity contribution in [3.63, 3.8) is 0 Å². The van der Waals surface area contributed by atoms with Gasteiger partial charge in [-0.05, 0) is 55.7 Å². The van der Waals surface area contributed by atoms with Crippen LogP contribution >= 0.6 is 0 Å². The third-order valence-corrected chi connectivity index (χ3v) is 6.66. The van der Waals surface area contributed by atoms with Gasteiger partial charge < -0.3 is 15.1 Å². The summed E-state index contributed by atoms with van der Waals surface area (Å²) in [6, 6.07) is 13.1. The van der Waals surface area contributed by atoms with Gasteiger partial charge in [-0.3, -0.25) is 4.79 Å². The van der Waals surface area contributed by atoms with Gasteiger partial charge in [-0.1, -0.05) is 12.1 Å². The number of piperidine rings is 1. The van der Waals surface area contributed by atoms with E-state index in [0.717, 1.165) is 33.8 Å². The van der Waals surface area contributed by atoms with Crippen LogP contribution in [0.15, 0.2) is 54.9 Å². The number of halogens is 3. The van der Waals surface area contributed by atoms with Crippen LogP contribution in [0.4, 0.5) is 30.2 Å². The first-order chi connectivity index (χ1) is 16.2. The van der Waals surface area contributed by atoms with Crippen LogP contribution in [0.5, 0.6) is 0 Å². The number of hydrogen-bond acceptors (Lipinski definition) is 5. The fraction of sp³-hybridized carbons (Fsp3) is 0.320. The molecule has 0 unspecified atom stereocenters. The molecule has 0 aliphatic carbocycles. The van der Waals surface area contributed by atoms with E-state index in [9.17, 15) is 18.0 Å². The highest BCUT2D eigenvalue weighted by atomic mass is 19.4. The number of benzene rings is 2. The molecule has 1 amide bonds. The number of aryl methyl sites for hydroxylation is 1. The molecule has 2 aliphatic heterocycles. The highest BCUT2D eigenvalue weighted by Crippen LogP contribution is 2.49. The Bertz CT molecular complexity index is 1230. The van der Waals surface area contributed by atoms with Crippen LogP contribution in [0, 0.1) is 6.92 Å². The van der Waals surface area contributed by atoms with Crippen LogP contribution in [0.3, 0.4) is 0 Å².